The number of rotatable bonds is 14. The number of benzene rings is 1. The van der Waals surface area contributed by atoms with Crippen LogP contribution in [0.2, 0.25) is 15.2 Å². The third-order valence-electron chi connectivity index (χ3n) is 8.04. The molecule has 4 atom stereocenters. The summed E-state index contributed by atoms with van der Waals surface area (Å²) in [5.41, 5.74) is -3.74. The summed E-state index contributed by atoms with van der Waals surface area (Å²) >= 11 is 17.9. The Hall–Kier alpha value is -5.04. The van der Waals surface area contributed by atoms with Crippen LogP contribution in [-0.4, -0.2) is 91.0 Å². The number of nitrogens with zero attached hydrogens (tertiary/aromatic N) is 6. The monoisotopic (exact) mass is 853 g/mol. The molecule has 17 nitrogen and oxygen atoms in total. The van der Waals surface area contributed by atoms with Gasteiger partial charge in [0.15, 0.2) is 35.6 Å². The molecule has 1 fully saturated rings. The Morgan fingerprint density at radius 2 is 1.79 bits per heavy atom. The number of pyridine rings is 1. The van der Waals surface area contributed by atoms with Gasteiger partial charge < -0.3 is 28.4 Å². The minimum Gasteiger partial charge on any atom is -0.465 e. The average molecular weight is 855 g/mol. The lowest BCUT2D eigenvalue weighted by molar-refractivity contribution is -0.153. The first-order valence-corrected chi connectivity index (χ1v) is 18.6. The van der Waals surface area contributed by atoms with Crippen molar-refractivity contribution in [1.82, 2.24) is 29.5 Å². The molecule has 1 N–H and O–H groups in total. The SMILES string of the molecule is CCCCOC(=O)Nc1nc(=O)n([C@@H]2OC(COC(=O)COc3nc(Cl)c(Cl)cc3Cl)C(OC(=O)OC(C)(C)C)C2(C)F)cc1-c1cn(Cc2ccccc2)nn1. The zero-order valence-corrected chi connectivity index (χ0v) is 33.6. The number of hydrogen-bond acceptors (Lipinski definition) is 14. The van der Waals surface area contributed by atoms with Gasteiger partial charge in [0.1, 0.15) is 29.0 Å². The highest BCUT2D eigenvalue weighted by molar-refractivity contribution is 6.42. The summed E-state index contributed by atoms with van der Waals surface area (Å²) < 4.78 is 52.0. The predicted molar refractivity (Wildman–Crippen MR) is 203 cm³/mol. The highest BCUT2D eigenvalue weighted by atomic mass is 35.5. The Kier molecular flexibility index (Phi) is 14.0. The Bertz CT molecular complexity index is 2130. The lowest BCUT2D eigenvalue weighted by Gasteiger charge is -2.29. The van der Waals surface area contributed by atoms with Gasteiger partial charge in [0.2, 0.25) is 5.88 Å². The normalized spacial score (nSPS) is 19.1. The van der Waals surface area contributed by atoms with Gasteiger partial charge >= 0.3 is 23.9 Å². The molecule has 1 amide bonds. The van der Waals surface area contributed by atoms with Crippen molar-refractivity contribution >= 4 is 58.8 Å². The number of alkyl halides is 1. The Labute approximate surface area is 340 Å². The van der Waals surface area contributed by atoms with Gasteiger partial charge in [-0.3, -0.25) is 9.88 Å². The molecule has 0 spiro atoms. The van der Waals surface area contributed by atoms with Gasteiger partial charge in [0.05, 0.1) is 29.9 Å². The van der Waals surface area contributed by atoms with E-state index in [1.807, 2.05) is 37.3 Å². The fraction of sp³-hybridized carbons (Fsp3) is 0.444. The van der Waals surface area contributed by atoms with E-state index in [0.29, 0.717) is 13.0 Å². The van der Waals surface area contributed by atoms with E-state index < -0.39 is 66.8 Å². The summed E-state index contributed by atoms with van der Waals surface area (Å²) in [7, 11) is 0. The van der Waals surface area contributed by atoms with Crippen LogP contribution in [0.3, 0.4) is 0 Å². The van der Waals surface area contributed by atoms with Crippen molar-refractivity contribution in [3.05, 3.63) is 80.0 Å². The molecule has 0 saturated carbocycles. The number of esters is 1. The van der Waals surface area contributed by atoms with Gasteiger partial charge in [-0.1, -0.05) is 83.7 Å². The molecule has 3 aromatic heterocycles. The molecule has 1 saturated heterocycles. The van der Waals surface area contributed by atoms with Gasteiger partial charge in [-0.05, 0) is 45.7 Å². The van der Waals surface area contributed by atoms with Crippen LogP contribution in [-0.2, 0) is 35.0 Å². The third kappa shape index (κ3) is 11.3. The standard InChI is InChI=1S/C36H39Cl3FN7O10/c1-6-7-13-52-33(50)43-29-21(24-17-46(45-44-24)15-20-11-9-8-10-12-20)16-47(32(49)42-29)31-36(5,40)27(56-34(51)57-35(2,3)4)25(55-31)18-53-26(48)19-54-30-23(38)14-22(37)28(39)41-30/h8-12,14,16-17,25,27,31H,6-7,13,15,18-19H2,1-5H3,(H,42,43,49,50)/t25?,27?,31-,36?/m1/s1. The Balaban J connectivity index is 1.45. The summed E-state index contributed by atoms with van der Waals surface area (Å²) in [6.07, 6.45) is -3.28. The second-order valence-electron chi connectivity index (χ2n) is 13.8. The van der Waals surface area contributed by atoms with E-state index in [2.05, 4.69) is 25.6 Å². The van der Waals surface area contributed by atoms with Crippen LogP contribution in [0, 0.1) is 0 Å². The fourth-order valence-electron chi connectivity index (χ4n) is 5.41. The van der Waals surface area contributed by atoms with Crippen LogP contribution in [0.4, 0.5) is 19.8 Å². The Morgan fingerprint density at radius 1 is 1.05 bits per heavy atom. The first kappa shape index (κ1) is 43.1. The number of halogens is 4. The molecule has 5 rings (SSSR count). The number of amides is 1. The topological polar surface area (TPSA) is 197 Å². The number of nitrogens with one attached hydrogen (secondary N) is 1. The average Bonchev–Trinajstić information content (AvgIpc) is 3.69. The highest BCUT2D eigenvalue weighted by Crippen LogP contribution is 2.43. The molecule has 0 radical (unpaired) electrons. The van der Waals surface area contributed by atoms with E-state index in [4.69, 9.17) is 63.2 Å². The summed E-state index contributed by atoms with van der Waals surface area (Å²) in [5.74, 6) is -1.45. The van der Waals surface area contributed by atoms with Crippen molar-refractivity contribution in [2.75, 3.05) is 25.1 Å². The molecule has 0 aliphatic carbocycles. The van der Waals surface area contributed by atoms with E-state index in [-0.39, 0.29) is 44.8 Å². The molecule has 4 heterocycles. The molecule has 21 heteroatoms. The molecule has 4 aromatic rings. The van der Waals surface area contributed by atoms with E-state index in [1.165, 1.54) is 16.9 Å². The van der Waals surface area contributed by atoms with E-state index in [0.717, 1.165) is 29.7 Å². The van der Waals surface area contributed by atoms with Crippen LogP contribution >= 0.6 is 34.8 Å². The lowest BCUT2D eigenvalue weighted by Crippen LogP contribution is -2.46. The van der Waals surface area contributed by atoms with Crippen LogP contribution in [0.1, 0.15) is 59.3 Å². The number of hydrogen-bond donors (Lipinski definition) is 1. The van der Waals surface area contributed by atoms with Crippen molar-refractivity contribution in [3.63, 3.8) is 0 Å². The smallest absolute Gasteiger partial charge is 0.465 e. The minimum atomic E-state index is -2.70. The highest BCUT2D eigenvalue weighted by Gasteiger charge is 2.59. The minimum absolute atomic E-state index is 0.0342. The fourth-order valence-corrected chi connectivity index (χ4v) is 5.96. The van der Waals surface area contributed by atoms with Crippen LogP contribution in [0.5, 0.6) is 5.88 Å². The van der Waals surface area contributed by atoms with Gasteiger partial charge in [-0.2, -0.15) is 9.97 Å². The first-order chi connectivity index (χ1) is 26.9. The van der Waals surface area contributed by atoms with E-state index >= 15 is 4.39 Å². The second-order valence-corrected chi connectivity index (χ2v) is 15.0. The summed E-state index contributed by atoms with van der Waals surface area (Å²) in [6.45, 7) is 6.67. The number of carbonyl (C=O) groups excluding carboxylic acids is 3. The summed E-state index contributed by atoms with van der Waals surface area (Å²) in [5, 5.41) is 10.7. The maximum absolute atomic E-state index is 17.1. The van der Waals surface area contributed by atoms with Crippen molar-refractivity contribution in [2.45, 2.75) is 83.7 Å². The summed E-state index contributed by atoms with van der Waals surface area (Å²) in [4.78, 5) is 59.9. The molecular weight excluding hydrogens is 816 g/mol. The van der Waals surface area contributed by atoms with Crippen LogP contribution in [0.25, 0.3) is 11.3 Å². The number of unbranched alkanes of at least 4 members (excludes halogenated alkanes) is 1. The maximum atomic E-state index is 17.1. The van der Waals surface area contributed by atoms with E-state index in [1.54, 1.807) is 20.8 Å². The second kappa shape index (κ2) is 18.5. The molecule has 306 valence electrons. The quantitative estimate of drug-likeness (QED) is 0.0600. The number of aromatic nitrogens is 6. The number of anilines is 1. The van der Waals surface area contributed by atoms with Crippen molar-refractivity contribution in [2.24, 2.45) is 0 Å². The number of ether oxygens (including phenoxy) is 6. The van der Waals surface area contributed by atoms with Crippen LogP contribution < -0.4 is 15.7 Å². The van der Waals surface area contributed by atoms with E-state index in [9.17, 15) is 19.2 Å². The maximum Gasteiger partial charge on any atom is 0.509 e. The van der Waals surface area contributed by atoms with Crippen molar-refractivity contribution < 1.29 is 47.2 Å². The Morgan fingerprint density at radius 3 is 2.49 bits per heavy atom. The summed E-state index contributed by atoms with van der Waals surface area (Å²) in [6, 6.07) is 10.6. The van der Waals surface area contributed by atoms with Crippen molar-refractivity contribution in [1.29, 1.82) is 0 Å². The molecule has 3 unspecified atom stereocenters. The third-order valence-corrected chi connectivity index (χ3v) is 8.98. The molecular formula is C36H39Cl3FN7O10. The predicted octanol–water partition coefficient (Wildman–Crippen LogP) is 6.82. The molecule has 1 aliphatic heterocycles. The lowest BCUT2D eigenvalue weighted by atomic mass is 9.98. The molecule has 1 aliphatic rings. The van der Waals surface area contributed by atoms with Gasteiger partial charge in [-0.15, -0.1) is 5.10 Å². The molecule has 57 heavy (non-hydrogen) atoms. The molecule has 1 aromatic carbocycles. The van der Waals surface area contributed by atoms with Crippen molar-refractivity contribution in [3.8, 4) is 17.1 Å². The van der Waals surface area contributed by atoms with Crippen LogP contribution in [0.15, 0.2) is 53.6 Å². The van der Waals surface area contributed by atoms with Gasteiger partial charge in [0, 0.05) is 6.20 Å². The van der Waals surface area contributed by atoms with Gasteiger partial charge in [0.25, 0.3) is 0 Å². The molecule has 0 bridgehead atoms. The van der Waals surface area contributed by atoms with Gasteiger partial charge in [-0.25, -0.2) is 28.3 Å². The zero-order chi connectivity index (χ0) is 41.5. The zero-order valence-electron chi connectivity index (χ0n) is 31.4. The largest absolute Gasteiger partial charge is 0.509 e. The first-order valence-electron chi connectivity index (χ1n) is 17.5. The number of carbonyl (C=O) groups is 3.